The Morgan fingerprint density at radius 3 is 2.47 bits per heavy atom. The van der Waals surface area contributed by atoms with Gasteiger partial charge in [0.1, 0.15) is 5.78 Å². The lowest BCUT2D eigenvalue weighted by Crippen LogP contribution is -2.60. The van der Waals surface area contributed by atoms with Gasteiger partial charge < -0.3 is 15.3 Å². The van der Waals surface area contributed by atoms with Gasteiger partial charge in [-0.1, -0.05) is 6.92 Å². The average molecular weight is 270 g/mol. The summed E-state index contributed by atoms with van der Waals surface area (Å²) in [5.74, 6) is -0.929. The Kier molecular flexibility index (Phi) is 3.57. The van der Waals surface area contributed by atoms with Gasteiger partial charge in [-0.2, -0.15) is 0 Å². The van der Waals surface area contributed by atoms with E-state index in [1.54, 1.807) is 27.7 Å². The summed E-state index contributed by atoms with van der Waals surface area (Å²) in [4.78, 5) is 12.0. The molecular weight excluding hydrogens is 244 g/mol. The van der Waals surface area contributed by atoms with Gasteiger partial charge in [0.15, 0.2) is 0 Å². The summed E-state index contributed by atoms with van der Waals surface area (Å²) in [6.07, 6.45) is 0.782. The lowest BCUT2D eigenvalue weighted by Gasteiger charge is -2.54. The van der Waals surface area contributed by atoms with Crippen molar-refractivity contribution < 1.29 is 20.1 Å². The number of aliphatic hydroxyl groups excluding tert-OH is 1. The van der Waals surface area contributed by atoms with Gasteiger partial charge in [0.2, 0.25) is 0 Å². The van der Waals surface area contributed by atoms with E-state index in [4.69, 9.17) is 0 Å². The number of Topliss-reactive ketones (excluding diaryl/α,β-unsaturated/α-hetero) is 1. The number of carbonyl (C=O) groups is 1. The van der Waals surface area contributed by atoms with Crippen LogP contribution >= 0.6 is 0 Å². The second kappa shape index (κ2) is 4.54. The quantitative estimate of drug-likeness (QED) is 0.667. The third-order valence-corrected chi connectivity index (χ3v) is 5.43. The zero-order valence-corrected chi connectivity index (χ0v) is 12.3. The molecule has 0 bridgehead atoms. The fourth-order valence-corrected chi connectivity index (χ4v) is 4.10. The van der Waals surface area contributed by atoms with Crippen LogP contribution in [0, 0.1) is 23.7 Å². The molecule has 0 aliphatic heterocycles. The highest BCUT2D eigenvalue weighted by atomic mass is 16.3. The first-order chi connectivity index (χ1) is 8.55. The van der Waals surface area contributed by atoms with Gasteiger partial charge in [-0.05, 0) is 51.4 Å². The Labute approximate surface area is 114 Å². The summed E-state index contributed by atoms with van der Waals surface area (Å²) >= 11 is 0. The molecule has 2 rings (SSSR count). The van der Waals surface area contributed by atoms with Crippen molar-refractivity contribution in [2.45, 2.75) is 64.3 Å². The first kappa shape index (κ1) is 14.9. The minimum atomic E-state index is -0.927. The molecule has 0 heterocycles. The van der Waals surface area contributed by atoms with Crippen LogP contribution in [0.4, 0.5) is 0 Å². The monoisotopic (exact) mass is 270 g/mol. The predicted molar refractivity (Wildman–Crippen MR) is 71.4 cm³/mol. The summed E-state index contributed by atoms with van der Waals surface area (Å²) in [6, 6.07) is 0. The van der Waals surface area contributed by atoms with E-state index in [0.717, 1.165) is 0 Å². The van der Waals surface area contributed by atoms with Crippen LogP contribution in [-0.2, 0) is 4.79 Å². The van der Waals surface area contributed by atoms with E-state index in [0.29, 0.717) is 19.3 Å². The van der Waals surface area contributed by atoms with E-state index in [-0.39, 0.29) is 23.5 Å². The number of fused-ring (bicyclic) bond motifs is 1. The van der Waals surface area contributed by atoms with Crippen molar-refractivity contribution in [3.8, 4) is 0 Å². The Balaban J connectivity index is 2.38. The van der Waals surface area contributed by atoms with Crippen molar-refractivity contribution in [1.29, 1.82) is 0 Å². The molecule has 0 aromatic carbocycles. The fourth-order valence-electron chi connectivity index (χ4n) is 4.10. The Bertz CT molecular complexity index is 369. The van der Waals surface area contributed by atoms with E-state index in [2.05, 4.69) is 0 Å². The van der Waals surface area contributed by atoms with E-state index in [9.17, 15) is 20.1 Å². The SMILES string of the molecule is C[C@H]1C(=O)C[C@H]2[C@@H]([C@@H]1O)[C@H](C(C)(C)O)CC[C@]2(C)O. The number of carbonyl (C=O) groups excluding carboxylic acids is 1. The van der Waals surface area contributed by atoms with Crippen LogP contribution in [0.5, 0.6) is 0 Å². The first-order valence-electron chi connectivity index (χ1n) is 7.21. The third-order valence-electron chi connectivity index (χ3n) is 5.43. The topological polar surface area (TPSA) is 77.8 Å². The Morgan fingerprint density at radius 1 is 1.37 bits per heavy atom. The minimum Gasteiger partial charge on any atom is -0.392 e. The van der Waals surface area contributed by atoms with E-state index in [1.165, 1.54) is 0 Å². The van der Waals surface area contributed by atoms with Gasteiger partial charge in [-0.3, -0.25) is 4.79 Å². The van der Waals surface area contributed by atoms with Gasteiger partial charge >= 0.3 is 0 Å². The number of hydrogen-bond acceptors (Lipinski definition) is 4. The van der Waals surface area contributed by atoms with Crippen LogP contribution in [-0.4, -0.2) is 38.4 Å². The molecule has 2 aliphatic carbocycles. The second-order valence-corrected chi connectivity index (χ2v) is 7.29. The highest BCUT2D eigenvalue weighted by molar-refractivity contribution is 5.82. The molecule has 0 unspecified atom stereocenters. The van der Waals surface area contributed by atoms with Gasteiger partial charge in [0.05, 0.1) is 17.3 Å². The molecule has 2 saturated carbocycles. The molecule has 0 saturated heterocycles. The maximum atomic E-state index is 12.0. The fraction of sp³-hybridized carbons (Fsp3) is 0.933. The predicted octanol–water partition coefficient (Wildman–Crippen LogP) is 1.12. The molecule has 0 aromatic rings. The molecular formula is C15H26O4. The molecule has 19 heavy (non-hydrogen) atoms. The van der Waals surface area contributed by atoms with E-state index < -0.39 is 23.2 Å². The number of ketones is 1. The molecule has 2 aliphatic rings. The Hall–Kier alpha value is -0.450. The summed E-state index contributed by atoms with van der Waals surface area (Å²) in [6.45, 7) is 7.00. The second-order valence-electron chi connectivity index (χ2n) is 7.29. The van der Waals surface area contributed by atoms with Crippen molar-refractivity contribution in [3.05, 3.63) is 0 Å². The third kappa shape index (κ3) is 2.46. The number of hydrogen-bond donors (Lipinski definition) is 3. The maximum absolute atomic E-state index is 12.0. The zero-order chi connectivity index (χ0) is 14.6. The smallest absolute Gasteiger partial charge is 0.138 e. The number of aliphatic hydroxyl groups is 3. The summed E-state index contributed by atoms with van der Waals surface area (Å²) in [5, 5.41) is 31.3. The van der Waals surface area contributed by atoms with Gasteiger partial charge in [0.25, 0.3) is 0 Å². The molecule has 0 amide bonds. The summed E-state index contributed by atoms with van der Waals surface area (Å²) < 4.78 is 0. The zero-order valence-electron chi connectivity index (χ0n) is 12.3. The van der Waals surface area contributed by atoms with Crippen LogP contribution in [0.1, 0.15) is 47.0 Å². The van der Waals surface area contributed by atoms with Crippen molar-refractivity contribution in [3.63, 3.8) is 0 Å². The van der Waals surface area contributed by atoms with Crippen molar-refractivity contribution in [2.75, 3.05) is 0 Å². The van der Waals surface area contributed by atoms with Gasteiger partial charge in [0, 0.05) is 12.3 Å². The van der Waals surface area contributed by atoms with Crippen molar-refractivity contribution in [1.82, 2.24) is 0 Å². The molecule has 0 aromatic heterocycles. The van der Waals surface area contributed by atoms with Crippen LogP contribution in [0.25, 0.3) is 0 Å². The standard InChI is InChI=1S/C15H26O4/c1-8-11(16)7-10-12(13(8)17)9(14(2,3)18)5-6-15(10,4)19/h8-10,12-13,17-19H,5-7H2,1-4H3/t8-,9+,10-,12-,13+,15-/m0/s1. The normalized spacial score (nSPS) is 47.9. The van der Waals surface area contributed by atoms with Gasteiger partial charge in [-0.15, -0.1) is 0 Å². The average Bonchev–Trinajstić information content (AvgIpc) is 2.25. The van der Waals surface area contributed by atoms with Crippen molar-refractivity contribution >= 4 is 5.78 Å². The van der Waals surface area contributed by atoms with Crippen LogP contribution in [0.3, 0.4) is 0 Å². The molecule has 4 nitrogen and oxygen atoms in total. The van der Waals surface area contributed by atoms with Crippen LogP contribution < -0.4 is 0 Å². The van der Waals surface area contributed by atoms with Crippen molar-refractivity contribution in [2.24, 2.45) is 23.7 Å². The van der Waals surface area contributed by atoms with E-state index in [1.807, 2.05) is 0 Å². The molecule has 4 heteroatoms. The maximum Gasteiger partial charge on any atom is 0.138 e. The molecule has 3 N–H and O–H groups in total. The highest BCUT2D eigenvalue weighted by Gasteiger charge is 2.56. The number of rotatable bonds is 1. The molecule has 0 spiro atoms. The molecule has 110 valence electrons. The summed E-state index contributed by atoms with van der Waals surface area (Å²) in [5.41, 5.74) is -1.83. The molecule has 2 fully saturated rings. The molecule has 6 atom stereocenters. The Morgan fingerprint density at radius 2 is 1.95 bits per heavy atom. The lowest BCUT2D eigenvalue weighted by atomic mass is 9.54. The first-order valence-corrected chi connectivity index (χ1v) is 7.21. The summed E-state index contributed by atoms with van der Waals surface area (Å²) in [7, 11) is 0. The van der Waals surface area contributed by atoms with E-state index >= 15 is 0 Å². The molecule has 0 radical (unpaired) electrons. The van der Waals surface area contributed by atoms with Crippen LogP contribution in [0.2, 0.25) is 0 Å². The van der Waals surface area contributed by atoms with Gasteiger partial charge in [-0.25, -0.2) is 0 Å². The van der Waals surface area contributed by atoms with Crippen LogP contribution in [0.15, 0.2) is 0 Å². The highest BCUT2D eigenvalue weighted by Crippen LogP contribution is 2.51. The largest absolute Gasteiger partial charge is 0.392 e. The minimum absolute atomic E-state index is 0.0189. The lowest BCUT2D eigenvalue weighted by molar-refractivity contribution is -0.184.